The Kier molecular flexibility index (Phi) is 5.27. The molecule has 2 atom stereocenters. The molecule has 4 heterocycles. The largest absolute Gasteiger partial charge is 0.416 e. The van der Waals surface area contributed by atoms with Gasteiger partial charge in [-0.1, -0.05) is 6.92 Å². The molecule has 4 rings (SSSR count). The van der Waals surface area contributed by atoms with Crippen LogP contribution in [0.1, 0.15) is 37.4 Å². The lowest BCUT2D eigenvalue weighted by Crippen LogP contribution is -2.51. The highest BCUT2D eigenvalue weighted by Gasteiger charge is 2.34. The van der Waals surface area contributed by atoms with Crippen molar-refractivity contribution in [2.45, 2.75) is 38.5 Å². The minimum atomic E-state index is -4.51. The minimum absolute atomic E-state index is 0.0637. The van der Waals surface area contributed by atoms with Gasteiger partial charge in [0, 0.05) is 43.0 Å². The number of nitrogens with one attached hydrogen (secondary N) is 3. The number of aromatic nitrogens is 2. The standard InChI is InChI=1S/C20H23F3N6O/c1-3-13-10-24-6-7-29(13)16-9-12(20(21,22)23)8-15(27-16)14-4-5-25-18-17(14)11(2)26-19(30)28-18/h4-5,8-9,11,13,24H,3,6-7,10H2,1-2H3,(H2,25,26,28,30)/t11-,13+/m0/s1. The number of nitrogens with zero attached hydrogens (tertiary/aromatic N) is 3. The van der Waals surface area contributed by atoms with Crippen molar-refractivity contribution in [1.82, 2.24) is 20.6 Å². The van der Waals surface area contributed by atoms with E-state index in [0.29, 0.717) is 42.4 Å². The number of amides is 2. The van der Waals surface area contributed by atoms with Crippen LogP contribution in [0.25, 0.3) is 11.3 Å². The van der Waals surface area contributed by atoms with Crippen molar-refractivity contribution in [3.63, 3.8) is 0 Å². The Balaban J connectivity index is 1.87. The average Bonchev–Trinajstić information content (AvgIpc) is 2.72. The van der Waals surface area contributed by atoms with Crippen LogP contribution in [0.2, 0.25) is 0 Å². The van der Waals surface area contributed by atoms with Gasteiger partial charge in [-0.15, -0.1) is 0 Å². The Morgan fingerprint density at radius 1 is 1.30 bits per heavy atom. The Hall–Kier alpha value is -2.88. The van der Waals surface area contributed by atoms with Crippen molar-refractivity contribution >= 4 is 17.7 Å². The molecule has 2 aliphatic heterocycles. The van der Waals surface area contributed by atoms with E-state index in [-0.39, 0.29) is 11.7 Å². The molecular weight excluding hydrogens is 397 g/mol. The Morgan fingerprint density at radius 3 is 2.83 bits per heavy atom. The number of hydrogen-bond donors (Lipinski definition) is 3. The van der Waals surface area contributed by atoms with Gasteiger partial charge in [0.15, 0.2) is 0 Å². The van der Waals surface area contributed by atoms with E-state index in [1.54, 1.807) is 13.0 Å². The second-order valence-corrected chi connectivity index (χ2v) is 7.50. The topological polar surface area (TPSA) is 82.2 Å². The summed E-state index contributed by atoms with van der Waals surface area (Å²) in [5, 5.41) is 8.61. The number of alkyl halides is 3. The highest BCUT2D eigenvalue weighted by Crippen LogP contribution is 2.38. The maximum atomic E-state index is 13.7. The van der Waals surface area contributed by atoms with E-state index in [0.717, 1.165) is 18.6 Å². The smallest absolute Gasteiger partial charge is 0.351 e. The van der Waals surface area contributed by atoms with Crippen LogP contribution in [0, 0.1) is 0 Å². The predicted octanol–water partition coefficient (Wildman–Crippen LogP) is 3.55. The molecule has 3 N–H and O–H groups in total. The van der Waals surface area contributed by atoms with E-state index < -0.39 is 23.8 Å². The van der Waals surface area contributed by atoms with Crippen molar-refractivity contribution in [3.05, 3.63) is 35.5 Å². The molecule has 2 aromatic heterocycles. The zero-order valence-corrected chi connectivity index (χ0v) is 16.7. The van der Waals surface area contributed by atoms with Crippen LogP contribution in [0.3, 0.4) is 0 Å². The van der Waals surface area contributed by atoms with Crippen molar-refractivity contribution < 1.29 is 18.0 Å². The van der Waals surface area contributed by atoms with Crippen LogP contribution in [0.5, 0.6) is 0 Å². The first-order valence-corrected chi connectivity index (χ1v) is 9.91. The fraction of sp³-hybridized carbons (Fsp3) is 0.450. The van der Waals surface area contributed by atoms with Crippen molar-refractivity contribution in [3.8, 4) is 11.3 Å². The Bertz CT molecular complexity index is 964. The first-order chi connectivity index (χ1) is 14.3. The number of carbonyl (C=O) groups excluding carboxylic acids is 1. The van der Waals surface area contributed by atoms with Crippen molar-refractivity contribution in [2.24, 2.45) is 0 Å². The molecule has 0 radical (unpaired) electrons. The van der Waals surface area contributed by atoms with Crippen LogP contribution >= 0.6 is 0 Å². The molecule has 160 valence electrons. The fourth-order valence-electron chi connectivity index (χ4n) is 4.04. The van der Waals surface area contributed by atoms with Gasteiger partial charge in [-0.3, -0.25) is 5.32 Å². The van der Waals surface area contributed by atoms with Crippen LogP contribution in [0.4, 0.5) is 29.6 Å². The quantitative estimate of drug-likeness (QED) is 0.708. The molecule has 1 saturated heterocycles. The number of hydrogen-bond acceptors (Lipinski definition) is 5. The van der Waals surface area contributed by atoms with Crippen molar-refractivity contribution in [2.75, 3.05) is 29.9 Å². The lowest BCUT2D eigenvalue weighted by Gasteiger charge is -2.37. The maximum absolute atomic E-state index is 13.7. The van der Waals surface area contributed by atoms with Gasteiger partial charge in [0.25, 0.3) is 0 Å². The Labute approximate surface area is 172 Å². The van der Waals surface area contributed by atoms with Crippen LogP contribution < -0.4 is 20.9 Å². The minimum Gasteiger partial charge on any atom is -0.351 e. The van der Waals surface area contributed by atoms with Crippen LogP contribution in [-0.4, -0.2) is 41.7 Å². The summed E-state index contributed by atoms with van der Waals surface area (Å²) in [5.41, 5.74) is 0.580. The third-order valence-corrected chi connectivity index (χ3v) is 5.53. The molecule has 0 bridgehead atoms. The number of piperazine rings is 1. The highest BCUT2D eigenvalue weighted by atomic mass is 19.4. The summed E-state index contributed by atoms with van der Waals surface area (Å²) < 4.78 is 41.2. The van der Waals surface area contributed by atoms with Gasteiger partial charge in [0.05, 0.1) is 17.3 Å². The lowest BCUT2D eigenvalue weighted by molar-refractivity contribution is -0.137. The summed E-state index contributed by atoms with van der Waals surface area (Å²) >= 11 is 0. The van der Waals surface area contributed by atoms with Gasteiger partial charge in [-0.05, 0) is 31.5 Å². The molecule has 1 fully saturated rings. The molecule has 7 nitrogen and oxygen atoms in total. The van der Waals surface area contributed by atoms with E-state index >= 15 is 0 Å². The van der Waals surface area contributed by atoms with Gasteiger partial charge in [-0.2, -0.15) is 13.2 Å². The third-order valence-electron chi connectivity index (χ3n) is 5.53. The molecule has 10 heteroatoms. The van der Waals surface area contributed by atoms with Gasteiger partial charge in [0.1, 0.15) is 11.6 Å². The van der Waals surface area contributed by atoms with E-state index in [1.807, 2.05) is 11.8 Å². The number of urea groups is 1. The summed E-state index contributed by atoms with van der Waals surface area (Å²) in [6.07, 6.45) is -2.25. The zero-order chi connectivity index (χ0) is 21.5. The molecule has 2 aliphatic rings. The number of anilines is 2. The van der Waals surface area contributed by atoms with Gasteiger partial charge in [0.2, 0.25) is 0 Å². The monoisotopic (exact) mass is 420 g/mol. The average molecular weight is 420 g/mol. The number of fused-ring (bicyclic) bond motifs is 1. The molecule has 0 unspecified atom stereocenters. The van der Waals surface area contributed by atoms with E-state index in [1.165, 1.54) is 6.20 Å². The molecule has 0 aliphatic carbocycles. The summed E-state index contributed by atoms with van der Waals surface area (Å²) in [6.45, 7) is 5.73. The first kappa shape index (κ1) is 20.4. The van der Waals surface area contributed by atoms with Crippen LogP contribution in [0.15, 0.2) is 24.4 Å². The maximum Gasteiger partial charge on any atom is 0.416 e. The second-order valence-electron chi connectivity index (χ2n) is 7.50. The summed E-state index contributed by atoms with van der Waals surface area (Å²) in [5.74, 6) is 0.636. The first-order valence-electron chi connectivity index (χ1n) is 9.91. The normalized spacial score (nSPS) is 21.6. The molecule has 0 saturated carbocycles. The SMILES string of the molecule is CC[C@@H]1CNCCN1c1cc(C(F)(F)F)cc(-c2ccnc3c2[C@H](C)NC(=O)N3)n1. The van der Waals surface area contributed by atoms with Gasteiger partial charge >= 0.3 is 12.2 Å². The van der Waals surface area contributed by atoms with E-state index in [2.05, 4.69) is 25.9 Å². The number of halogens is 3. The molecule has 2 amide bonds. The van der Waals surface area contributed by atoms with Gasteiger partial charge < -0.3 is 15.5 Å². The number of carbonyl (C=O) groups is 1. The summed E-state index contributed by atoms with van der Waals surface area (Å²) in [4.78, 5) is 22.5. The molecule has 0 aromatic carbocycles. The zero-order valence-electron chi connectivity index (χ0n) is 16.7. The number of rotatable bonds is 3. The highest BCUT2D eigenvalue weighted by molar-refractivity contribution is 5.93. The lowest BCUT2D eigenvalue weighted by atomic mass is 9.97. The molecule has 30 heavy (non-hydrogen) atoms. The summed E-state index contributed by atoms with van der Waals surface area (Å²) in [6, 6.07) is 3.06. The third kappa shape index (κ3) is 3.79. The predicted molar refractivity (Wildman–Crippen MR) is 107 cm³/mol. The molecule has 2 aromatic rings. The molecule has 0 spiro atoms. The van der Waals surface area contributed by atoms with Crippen LogP contribution in [-0.2, 0) is 6.18 Å². The fourth-order valence-corrected chi connectivity index (χ4v) is 4.04. The number of pyridine rings is 2. The van der Waals surface area contributed by atoms with Gasteiger partial charge in [-0.25, -0.2) is 14.8 Å². The molecular formula is C20H23F3N6O. The Morgan fingerprint density at radius 2 is 2.10 bits per heavy atom. The summed E-state index contributed by atoms with van der Waals surface area (Å²) in [7, 11) is 0. The second kappa shape index (κ2) is 7.75. The van der Waals surface area contributed by atoms with E-state index in [4.69, 9.17) is 0 Å². The van der Waals surface area contributed by atoms with E-state index in [9.17, 15) is 18.0 Å². The van der Waals surface area contributed by atoms with Crippen molar-refractivity contribution in [1.29, 1.82) is 0 Å².